The molecule has 25 heavy (non-hydrogen) atoms. The van der Waals surface area contributed by atoms with Crippen molar-refractivity contribution in [3.05, 3.63) is 103 Å². The number of hydrogen-bond acceptors (Lipinski definition) is 1. The van der Waals surface area contributed by atoms with Gasteiger partial charge in [-0.2, -0.15) is 0 Å². The number of allylic oxidation sites excluding steroid dienone is 1. The Morgan fingerprint density at radius 2 is 1.00 bits per heavy atom. The largest absolute Gasteiger partial charge is 0.396 e. The van der Waals surface area contributed by atoms with Gasteiger partial charge in [-0.25, -0.2) is 0 Å². The Labute approximate surface area is 151 Å². The van der Waals surface area contributed by atoms with E-state index in [9.17, 15) is 0 Å². The van der Waals surface area contributed by atoms with Gasteiger partial charge >= 0.3 is 0 Å². The first-order valence-corrected chi connectivity index (χ1v) is 10.7. The topological polar surface area (TPSA) is 20.2 Å². The first kappa shape index (κ1) is 17.6. The minimum Gasteiger partial charge on any atom is -0.396 e. The third-order valence-electron chi connectivity index (χ3n) is 4.43. The molecule has 3 aromatic carbocycles. The van der Waals surface area contributed by atoms with Gasteiger partial charge in [0, 0.05) is 6.61 Å². The van der Waals surface area contributed by atoms with Crippen molar-refractivity contribution in [3.63, 3.8) is 0 Å². The smallest absolute Gasteiger partial charge is 0.115 e. The van der Waals surface area contributed by atoms with Gasteiger partial charge in [-0.05, 0) is 42.8 Å². The molecule has 0 fully saturated rings. The molecule has 0 aromatic heterocycles. The van der Waals surface area contributed by atoms with Crippen LogP contribution in [0, 0.1) is 0 Å². The molecule has 0 aliphatic rings. The van der Waals surface area contributed by atoms with E-state index in [0.717, 1.165) is 6.16 Å². The van der Waals surface area contributed by atoms with Crippen LogP contribution in [-0.4, -0.2) is 17.9 Å². The lowest BCUT2D eigenvalue weighted by Gasteiger charge is -2.26. The predicted molar refractivity (Wildman–Crippen MR) is 111 cm³/mol. The Hall–Kier alpha value is -2.21. The van der Waals surface area contributed by atoms with Gasteiger partial charge in [0.25, 0.3) is 0 Å². The molecule has 0 aliphatic carbocycles. The zero-order valence-electron chi connectivity index (χ0n) is 14.3. The lowest BCUT2D eigenvalue weighted by atomic mass is 10.3. The SMILES string of the molecule is OCC/C=C/C[P+](c1ccccc1)(c1ccccc1)c1ccccc1. The molecule has 3 rings (SSSR count). The number of hydrogen-bond donors (Lipinski definition) is 1. The first-order chi connectivity index (χ1) is 12.4. The van der Waals surface area contributed by atoms with Gasteiger partial charge in [-0.3, -0.25) is 0 Å². The lowest BCUT2D eigenvalue weighted by Crippen LogP contribution is -2.32. The normalized spacial score (nSPS) is 11.7. The van der Waals surface area contributed by atoms with Crippen LogP contribution in [0.3, 0.4) is 0 Å². The van der Waals surface area contributed by atoms with E-state index < -0.39 is 7.26 Å². The molecule has 0 unspecified atom stereocenters. The highest BCUT2D eigenvalue weighted by Gasteiger charge is 2.43. The monoisotopic (exact) mass is 347 g/mol. The van der Waals surface area contributed by atoms with E-state index in [4.69, 9.17) is 5.11 Å². The molecular formula is C23H24OP+. The van der Waals surface area contributed by atoms with Crippen molar-refractivity contribution in [1.82, 2.24) is 0 Å². The van der Waals surface area contributed by atoms with Gasteiger partial charge in [0.2, 0.25) is 0 Å². The molecule has 0 saturated heterocycles. The van der Waals surface area contributed by atoms with E-state index in [2.05, 4.69) is 103 Å². The third kappa shape index (κ3) is 3.90. The molecule has 0 radical (unpaired) electrons. The Morgan fingerprint density at radius 1 is 0.600 bits per heavy atom. The van der Waals surface area contributed by atoms with Crippen molar-refractivity contribution in [1.29, 1.82) is 0 Å². The minimum atomic E-state index is -1.76. The fourth-order valence-corrected chi connectivity index (χ4v) is 7.27. The summed E-state index contributed by atoms with van der Waals surface area (Å²) in [5.41, 5.74) is 0. The minimum absolute atomic E-state index is 0.198. The zero-order chi connectivity index (χ0) is 17.4. The summed E-state index contributed by atoms with van der Waals surface area (Å²) in [6.45, 7) is 0.198. The quantitative estimate of drug-likeness (QED) is 0.507. The molecule has 0 aliphatic heterocycles. The van der Waals surface area contributed by atoms with Crippen LogP contribution in [-0.2, 0) is 0 Å². The molecule has 0 saturated carbocycles. The Kier molecular flexibility index (Phi) is 6.17. The van der Waals surface area contributed by atoms with Crippen molar-refractivity contribution < 1.29 is 5.11 Å². The number of aliphatic hydroxyl groups is 1. The summed E-state index contributed by atoms with van der Waals surface area (Å²) in [7, 11) is -1.76. The fourth-order valence-electron chi connectivity index (χ4n) is 3.24. The van der Waals surface area contributed by atoms with Crippen LogP contribution in [0.15, 0.2) is 103 Å². The van der Waals surface area contributed by atoms with Crippen molar-refractivity contribution in [3.8, 4) is 0 Å². The van der Waals surface area contributed by atoms with Crippen molar-refractivity contribution in [2.75, 3.05) is 12.8 Å². The predicted octanol–water partition coefficient (Wildman–Crippen LogP) is 3.92. The van der Waals surface area contributed by atoms with Crippen LogP contribution < -0.4 is 15.9 Å². The summed E-state index contributed by atoms with van der Waals surface area (Å²) in [6.07, 6.45) is 6.02. The molecular weight excluding hydrogens is 323 g/mol. The standard InChI is InChI=1S/C23H24OP/c24-19-11-4-12-20-25(21-13-5-1-6-14-21,22-15-7-2-8-16-22)23-17-9-3-10-18-23/h1-10,12-18,24H,11,19-20H2/q+1/b12-4+. The second kappa shape index (κ2) is 8.76. The highest BCUT2D eigenvalue weighted by Crippen LogP contribution is 2.55. The second-order valence-corrected chi connectivity index (χ2v) is 9.52. The van der Waals surface area contributed by atoms with Gasteiger partial charge in [0.1, 0.15) is 23.2 Å². The summed E-state index contributed by atoms with van der Waals surface area (Å²) < 4.78 is 0. The van der Waals surface area contributed by atoms with Gasteiger partial charge in [0.05, 0.1) is 6.16 Å². The van der Waals surface area contributed by atoms with Crippen LogP contribution in [0.25, 0.3) is 0 Å². The van der Waals surface area contributed by atoms with Crippen LogP contribution in [0.1, 0.15) is 6.42 Å². The summed E-state index contributed by atoms with van der Waals surface area (Å²) in [5, 5.41) is 13.3. The molecule has 0 spiro atoms. The van der Waals surface area contributed by atoms with Crippen LogP contribution >= 0.6 is 7.26 Å². The summed E-state index contributed by atoms with van der Waals surface area (Å²) in [6, 6.07) is 32.6. The maximum Gasteiger partial charge on any atom is 0.115 e. The summed E-state index contributed by atoms with van der Waals surface area (Å²) >= 11 is 0. The zero-order valence-corrected chi connectivity index (χ0v) is 15.2. The first-order valence-electron chi connectivity index (χ1n) is 8.69. The number of rotatable bonds is 7. The van der Waals surface area contributed by atoms with Gasteiger partial charge < -0.3 is 5.11 Å². The van der Waals surface area contributed by atoms with E-state index in [0.29, 0.717) is 6.42 Å². The van der Waals surface area contributed by atoms with Crippen LogP contribution in [0.4, 0.5) is 0 Å². The molecule has 0 bridgehead atoms. The molecule has 3 aromatic rings. The molecule has 0 atom stereocenters. The van der Waals surface area contributed by atoms with E-state index in [1.54, 1.807) is 0 Å². The molecule has 1 N–H and O–H groups in total. The Balaban J connectivity index is 2.20. The van der Waals surface area contributed by atoms with E-state index >= 15 is 0 Å². The number of benzene rings is 3. The van der Waals surface area contributed by atoms with E-state index in [1.165, 1.54) is 15.9 Å². The van der Waals surface area contributed by atoms with E-state index in [1.807, 2.05) is 0 Å². The molecule has 0 heterocycles. The van der Waals surface area contributed by atoms with Crippen LogP contribution in [0.5, 0.6) is 0 Å². The average molecular weight is 347 g/mol. The molecule has 0 amide bonds. The van der Waals surface area contributed by atoms with E-state index in [-0.39, 0.29) is 6.61 Å². The average Bonchev–Trinajstić information content (AvgIpc) is 2.70. The lowest BCUT2D eigenvalue weighted by molar-refractivity contribution is 0.302. The highest BCUT2D eigenvalue weighted by atomic mass is 31.2. The van der Waals surface area contributed by atoms with Crippen molar-refractivity contribution >= 4 is 23.2 Å². The maximum absolute atomic E-state index is 9.10. The Morgan fingerprint density at radius 3 is 1.36 bits per heavy atom. The highest BCUT2D eigenvalue weighted by molar-refractivity contribution is 7.95. The summed E-state index contributed by atoms with van der Waals surface area (Å²) in [5.74, 6) is 0. The number of aliphatic hydroxyl groups excluding tert-OH is 1. The van der Waals surface area contributed by atoms with Crippen molar-refractivity contribution in [2.45, 2.75) is 6.42 Å². The van der Waals surface area contributed by atoms with Gasteiger partial charge in [-0.1, -0.05) is 66.7 Å². The summed E-state index contributed by atoms with van der Waals surface area (Å²) in [4.78, 5) is 0. The fraction of sp³-hybridized carbons (Fsp3) is 0.130. The molecule has 126 valence electrons. The maximum atomic E-state index is 9.10. The van der Waals surface area contributed by atoms with Gasteiger partial charge in [0.15, 0.2) is 0 Å². The van der Waals surface area contributed by atoms with Crippen molar-refractivity contribution in [2.24, 2.45) is 0 Å². The van der Waals surface area contributed by atoms with Gasteiger partial charge in [-0.15, -0.1) is 0 Å². The molecule has 1 nitrogen and oxygen atoms in total. The van der Waals surface area contributed by atoms with Crippen LogP contribution in [0.2, 0.25) is 0 Å². The Bertz CT molecular complexity index is 685. The molecule has 2 heteroatoms. The third-order valence-corrected chi connectivity index (χ3v) is 8.73. The second-order valence-electron chi connectivity index (χ2n) is 5.98.